The van der Waals surface area contributed by atoms with Gasteiger partial charge in [0.2, 0.25) is 0 Å². The van der Waals surface area contributed by atoms with Crippen molar-refractivity contribution >= 4 is 5.78 Å². The molecule has 0 spiro atoms. The summed E-state index contributed by atoms with van der Waals surface area (Å²) in [6, 6.07) is 24.7. The molecule has 1 fully saturated rings. The van der Waals surface area contributed by atoms with Crippen LogP contribution in [0, 0.1) is 18.7 Å². The molecule has 184 valence electrons. The molecule has 1 N–H and O–H groups in total. The number of hydrogen-bond acceptors (Lipinski definition) is 3. The number of rotatable bonds is 10. The molecular formula is C31H32FN3O. The Hall–Kier alpha value is -3.57. The first kappa shape index (κ1) is 24.1. The summed E-state index contributed by atoms with van der Waals surface area (Å²) in [4.78, 5) is 13.5. The molecule has 1 aliphatic rings. The van der Waals surface area contributed by atoms with Gasteiger partial charge < -0.3 is 5.32 Å². The van der Waals surface area contributed by atoms with Gasteiger partial charge >= 0.3 is 0 Å². The second-order valence-corrected chi connectivity index (χ2v) is 9.79. The molecule has 0 bridgehead atoms. The molecule has 0 amide bonds. The first-order valence-corrected chi connectivity index (χ1v) is 12.8. The lowest BCUT2D eigenvalue weighted by molar-refractivity contribution is 0.0985. The summed E-state index contributed by atoms with van der Waals surface area (Å²) in [5, 5.41) is 8.24. The fourth-order valence-electron chi connectivity index (χ4n) is 4.68. The largest absolute Gasteiger partial charge is 0.306 e. The van der Waals surface area contributed by atoms with Crippen molar-refractivity contribution in [1.82, 2.24) is 15.1 Å². The molecule has 0 saturated heterocycles. The normalized spacial score (nSPS) is 14.1. The molecule has 1 atom stereocenters. The number of carbonyl (C=O) groups is 1. The van der Waals surface area contributed by atoms with Crippen LogP contribution in [0.1, 0.15) is 64.2 Å². The maximum Gasteiger partial charge on any atom is 0.185 e. The number of nitrogens with zero attached hydrogens (tertiary/aromatic N) is 2. The number of hydrogen-bond donors (Lipinski definition) is 1. The Kier molecular flexibility index (Phi) is 7.10. The van der Waals surface area contributed by atoms with Crippen molar-refractivity contribution in [2.24, 2.45) is 5.92 Å². The van der Waals surface area contributed by atoms with Crippen LogP contribution in [0.15, 0.2) is 78.9 Å². The van der Waals surface area contributed by atoms with Gasteiger partial charge in [0.05, 0.1) is 17.4 Å². The average molecular weight is 482 g/mol. The summed E-state index contributed by atoms with van der Waals surface area (Å²) in [6.07, 6.45) is 3.67. The van der Waals surface area contributed by atoms with Gasteiger partial charge in [0.1, 0.15) is 11.5 Å². The summed E-state index contributed by atoms with van der Waals surface area (Å²) in [7, 11) is 0. The van der Waals surface area contributed by atoms with Crippen molar-refractivity contribution in [3.8, 4) is 5.69 Å². The number of aromatic nitrogens is 2. The van der Waals surface area contributed by atoms with Crippen LogP contribution in [-0.2, 0) is 12.8 Å². The minimum atomic E-state index is -0.243. The van der Waals surface area contributed by atoms with E-state index in [0.717, 1.165) is 41.0 Å². The number of nitrogens with one attached hydrogen (secondary N) is 1. The molecule has 1 aliphatic carbocycles. The van der Waals surface area contributed by atoms with E-state index in [9.17, 15) is 9.18 Å². The van der Waals surface area contributed by atoms with Crippen LogP contribution in [0.3, 0.4) is 0 Å². The van der Waals surface area contributed by atoms with E-state index in [4.69, 9.17) is 0 Å². The van der Waals surface area contributed by atoms with Gasteiger partial charge in [-0.25, -0.2) is 9.07 Å². The van der Waals surface area contributed by atoms with Crippen LogP contribution < -0.4 is 5.32 Å². The Morgan fingerprint density at radius 3 is 2.47 bits per heavy atom. The second-order valence-electron chi connectivity index (χ2n) is 9.79. The summed E-state index contributed by atoms with van der Waals surface area (Å²) in [6.45, 7) is 4.93. The monoisotopic (exact) mass is 481 g/mol. The van der Waals surface area contributed by atoms with Crippen LogP contribution in [0.4, 0.5) is 4.39 Å². The van der Waals surface area contributed by atoms with E-state index in [1.54, 1.807) is 16.8 Å². The molecule has 4 aromatic rings. The maximum absolute atomic E-state index is 14.0. The van der Waals surface area contributed by atoms with Crippen molar-refractivity contribution in [3.63, 3.8) is 0 Å². The zero-order valence-corrected chi connectivity index (χ0v) is 20.9. The highest BCUT2D eigenvalue weighted by atomic mass is 19.1. The fourth-order valence-corrected chi connectivity index (χ4v) is 4.68. The van der Waals surface area contributed by atoms with Crippen molar-refractivity contribution in [2.75, 3.05) is 6.54 Å². The highest BCUT2D eigenvalue weighted by Gasteiger charge is 2.24. The number of benzene rings is 3. The summed E-state index contributed by atoms with van der Waals surface area (Å²) in [5.74, 6) is 0.469. The molecule has 1 saturated carbocycles. The molecule has 0 aliphatic heterocycles. The summed E-state index contributed by atoms with van der Waals surface area (Å²) >= 11 is 0. The van der Waals surface area contributed by atoms with Crippen molar-refractivity contribution < 1.29 is 9.18 Å². The van der Waals surface area contributed by atoms with E-state index in [2.05, 4.69) is 35.5 Å². The first-order chi connectivity index (χ1) is 17.5. The van der Waals surface area contributed by atoms with E-state index in [0.29, 0.717) is 11.6 Å². The van der Waals surface area contributed by atoms with E-state index in [1.165, 1.54) is 24.5 Å². The van der Waals surface area contributed by atoms with Crippen LogP contribution in [0.2, 0.25) is 0 Å². The highest BCUT2D eigenvalue weighted by molar-refractivity contribution is 5.96. The summed E-state index contributed by atoms with van der Waals surface area (Å²) < 4.78 is 15.8. The Morgan fingerprint density at radius 1 is 1.00 bits per heavy atom. The SMILES string of the molecule is CCc1cccc(-n2nc(C)cc2C(=O)Cc2cccc(C(NCC3CC3)c3cccc(F)c3)c2)c1. The number of Topliss-reactive ketones (excluding diaryl/α,β-unsaturated/α-hetero) is 1. The Labute approximate surface area is 212 Å². The minimum Gasteiger partial charge on any atom is -0.306 e. The number of carbonyl (C=O) groups excluding carboxylic acids is 1. The van der Waals surface area contributed by atoms with Gasteiger partial charge in [-0.1, -0.05) is 55.5 Å². The molecule has 4 nitrogen and oxygen atoms in total. The van der Waals surface area contributed by atoms with Crippen LogP contribution in [0.25, 0.3) is 5.69 Å². The third-order valence-corrected chi connectivity index (χ3v) is 6.82. The number of halogens is 1. The highest BCUT2D eigenvalue weighted by Crippen LogP contribution is 2.30. The number of aryl methyl sites for hydroxylation is 2. The smallest absolute Gasteiger partial charge is 0.185 e. The third kappa shape index (κ3) is 5.63. The van der Waals surface area contributed by atoms with Gasteiger partial charge in [0.15, 0.2) is 5.78 Å². The van der Waals surface area contributed by atoms with Crippen molar-refractivity contribution in [2.45, 2.75) is 45.6 Å². The lowest BCUT2D eigenvalue weighted by Gasteiger charge is -2.21. The fraction of sp³-hybridized carbons (Fsp3) is 0.290. The molecule has 36 heavy (non-hydrogen) atoms. The van der Waals surface area contributed by atoms with Crippen LogP contribution >= 0.6 is 0 Å². The first-order valence-electron chi connectivity index (χ1n) is 12.8. The molecule has 1 aromatic heterocycles. The van der Waals surface area contributed by atoms with Gasteiger partial charge in [-0.15, -0.1) is 0 Å². The molecule has 1 unspecified atom stereocenters. The Bertz CT molecular complexity index is 1370. The molecule has 1 heterocycles. The average Bonchev–Trinajstić information content (AvgIpc) is 3.63. The predicted molar refractivity (Wildman–Crippen MR) is 141 cm³/mol. The van der Waals surface area contributed by atoms with Gasteiger partial charge in [-0.05, 0) is 91.2 Å². The quantitative estimate of drug-likeness (QED) is 0.267. The van der Waals surface area contributed by atoms with Crippen molar-refractivity contribution in [1.29, 1.82) is 0 Å². The van der Waals surface area contributed by atoms with Gasteiger partial charge in [-0.3, -0.25) is 4.79 Å². The zero-order valence-electron chi connectivity index (χ0n) is 20.9. The van der Waals surface area contributed by atoms with E-state index >= 15 is 0 Å². The van der Waals surface area contributed by atoms with Gasteiger partial charge in [-0.2, -0.15) is 5.10 Å². The Balaban J connectivity index is 1.41. The maximum atomic E-state index is 14.0. The standard InChI is InChI=1S/C31H32FN3O/c1-3-22-7-5-12-28(17-22)35-29(15-21(2)34-35)30(36)18-24-8-4-9-25(16-24)31(33-20-23-13-14-23)26-10-6-11-27(32)19-26/h4-12,15-17,19,23,31,33H,3,13-14,18,20H2,1-2H3. The zero-order chi connectivity index (χ0) is 25.1. The summed E-state index contributed by atoms with van der Waals surface area (Å²) in [5.41, 5.74) is 6.35. The molecule has 0 radical (unpaired) electrons. The lowest BCUT2D eigenvalue weighted by atomic mass is 9.95. The van der Waals surface area contributed by atoms with Crippen LogP contribution in [0.5, 0.6) is 0 Å². The van der Waals surface area contributed by atoms with E-state index < -0.39 is 0 Å². The minimum absolute atomic E-state index is 0.0166. The second kappa shape index (κ2) is 10.6. The molecule has 5 heteroatoms. The molecule has 3 aromatic carbocycles. The lowest BCUT2D eigenvalue weighted by Crippen LogP contribution is -2.25. The van der Waals surface area contributed by atoms with E-state index in [-0.39, 0.29) is 24.1 Å². The van der Waals surface area contributed by atoms with E-state index in [1.807, 2.05) is 49.4 Å². The molecular weight excluding hydrogens is 449 g/mol. The molecule has 5 rings (SSSR count). The van der Waals surface area contributed by atoms with Gasteiger partial charge in [0.25, 0.3) is 0 Å². The number of ketones is 1. The third-order valence-electron chi connectivity index (χ3n) is 6.82. The van der Waals surface area contributed by atoms with Crippen LogP contribution in [-0.4, -0.2) is 22.1 Å². The Morgan fingerprint density at radius 2 is 1.72 bits per heavy atom. The topological polar surface area (TPSA) is 46.9 Å². The van der Waals surface area contributed by atoms with Crippen molar-refractivity contribution in [3.05, 3.63) is 118 Å². The van der Waals surface area contributed by atoms with Gasteiger partial charge in [0, 0.05) is 6.42 Å². The predicted octanol–water partition coefficient (Wildman–Crippen LogP) is 6.40.